The molecule has 0 spiro atoms. The molecule has 0 aliphatic heterocycles. The SMILES string of the molecule is CN(C/C=C/c1ccco1)Cc1nc2ccc(F)cc2[nH]1. The van der Waals surface area contributed by atoms with Crippen LogP contribution >= 0.6 is 0 Å². The number of aromatic amines is 1. The van der Waals surface area contributed by atoms with Crippen LogP contribution in [0.25, 0.3) is 17.1 Å². The molecule has 2 heterocycles. The largest absolute Gasteiger partial charge is 0.465 e. The zero-order valence-corrected chi connectivity index (χ0v) is 11.7. The second-order valence-corrected chi connectivity index (χ2v) is 4.96. The van der Waals surface area contributed by atoms with Gasteiger partial charge in [0.05, 0.1) is 23.8 Å². The first-order valence-electron chi connectivity index (χ1n) is 6.73. The third-order valence-corrected chi connectivity index (χ3v) is 3.16. The maximum atomic E-state index is 13.1. The third kappa shape index (κ3) is 3.38. The van der Waals surface area contributed by atoms with Gasteiger partial charge in [-0.25, -0.2) is 9.37 Å². The Bertz CT molecular complexity index is 746. The van der Waals surface area contributed by atoms with E-state index in [9.17, 15) is 4.39 Å². The molecule has 0 aliphatic rings. The molecule has 4 nitrogen and oxygen atoms in total. The Kier molecular flexibility index (Phi) is 3.83. The van der Waals surface area contributed by atoms with Crippen LogP contribution in [0.4, 0.5) is 4.39 Å². The van der Waals surface area contributed by atoms with E-state index < -0.39 is 0 Å². The maximum Gasteiger partial charge on any atom is 0.126 e. The Morgan fingerprint density at radius 2 is 2.29 bits per heavy atom. The van der Waals surface area contributed by atoms with Crippen molar-refractivity contribution in [2.45, 2.75) is 6.54 Å². The van der Waals surface area contributed by atoms with E-state index in [2.05, 4.69) is 14.9 Å². The quantitative estimate of drug-likeness (QED) is 0.781. The van der Waals surface area contributed by atoms with E-state index in [1.165, 1.54) is 12.1 Å². The summed E-state index contributed by atoms with van der Waals surface area (Å²) in [7, 11) is 2.00. The monoisotopic (exact) mass is 285 g/mol. The fourth-order valence-corrected chi connectivity index (χ4v) is 2.16. The topological polar surface area (TPSA) is 45.1 Å². The molecule has 0 bridgehead atoms. The fourth-order valence-electron chi connectivity index (χ4n) is 2.16. The van der Waals surface area contributed by atoms with Crippen molar-refractivity contribution >= 4 is 17.1 Å². The fraction of sp³-hybridized carbons (Fsp3) is 0.188. The number of fused-ring (bicyclic) bond motifs is 1. The van der Waals surface area contributed by atoms with Crippen LogP contribution < -0.4 is 0 Å². The summed E-state index contributed by atoms with van der Waals surface area (Å²) in [5, 5.41) is 0. The molecule has 0 unspecified atom stereocenters. The van der Waals surface area contributed by atoms with Crippen LogP contribution in [0.1, 0.15) is 11.6 Å². The molecule has 2 aromatic heterocycles. The van der Waals surface area contributed by atoms with E-state index in [1.807, 2.05) is 31.3 Å². The van der Waals surface area contributed by atoms with Gasteiger partial charge in [-0.2, -0.15) is 0 Å². The lowest BCUT2D eigenvalue weighted by Gasteiger charge is -2.11. The number of nitrogens with one attached hydrogen (secondary N) is 1. The van der Waals surface area contributed by atoms with Gasteiger partial charge in [-0.1, -0.05) is 6.08 Å². The van der Waals surface area contributed by atoms with Gasteiger partial charge in [-0.15, -0.1) is 0 Å². The van der Waals surface area contributed by atoms with Crippen molar-refractivity contribution in [3.63, 3.8) is 0 Å². The van der Waals surface area contributed by atoms with Crippen molar-refractivity contribution in [1.29, 1.82) is 0 Å². The number of benzene rings is 1. The lowest BCUT2D eigenvalue weighted by Crippen LogP contribution is -2.18. The molecule has 0 radical (unpaired) electrons. The highest BCUT2D eigenvalue weighted by Gasteiger charge is 2.05. The van der Waals surface area contributed by atoms with Gasteiger partial charge in [0.25, 0.3) is 0 Å². The Balaban J connectivity index is 1.61. The Morgan fingerprint density at radius 1 is 1.38 bits per heavy atom. The predicted molar refractivity (Wildman–Crippen MR) is 80.1 cm³/mol. The average Bonchev–Trinajstić information content (AvgIpc) is 3.07. The van der Waals surface area contributed by atoms with E-state index in [1.54, 1.807) is 12.3 Å². The summed E-state index contributed by atoms with van der Waals surface area (Å²) in [5.74, 6) is 1.40. The first-order chi connectivity index (χ1) is 10.2. The van der Waals surface area contributed by atoms with Crippen molar-refractivity contribution < 1.29 is 8.81 Å². The van der Waals surface area contributed by atoms with Gasteiger partial charge in [-0.3, -0.25) is 4.90 Å². The zero-order valence-electron chi connectivity index (χ0n) is 11.7. The molecular formula is C16H16FN3O. The Labute approximate surface area is 121 Å². The summed E-state index contributed by atoms with van der Waals surface area (Å²) in [4.78, 5) is 9.69. The summed E-state index contributed by atoms with van der Waals surface area (Å²) in [6.07, 6.45) is 5.61. The van der Waals surface area contributed by atoms with Gasteiger partial charge in [0.15, 0.2) is 0 Å². The Hall–Kier alpha value is -2.40. The molecule has 0 saturated heterocycles. The first-order valence-corrected chi connectivity index (χ1v) is 6.73. The van der Waals surface area contributed by atoms with E-state index in [0.717, 1.165) is 29.2 Å². The summed E-state index contributed by atoms with van der Waals surface area (Å²) < 4.78 is 18.4. The van der Waals surface area contributed by atoms with E-state index in [0.29, 0.717) is 6.54 Å². The van der Waals surface area contributed by atoms with Crippen LogP contribution in [-0.4, -0.2) is 28.5 Å². The molecule has 3 aromatic rings. The van der Waals surface area contributed by atoms with Gasteiger partial charge in [0.2, 0.25) is 0 Å². The molecule has 21 heavy (non-hydrogen) atoms. The lowest BCUT2D eigenvalue weighted by molar-refractivity contribution is 0.355. The second-order valence-electron chi connectivity index (χ2n) is 4.96. The summed E-state index contributed by atoms with van der Waals surface area (Å²) >= 11 is 0. The number of likely N-dealkylation sites (N-methyl/N-ethyl adjacent to an activating group) is 1. The molecular weight excluding hydrogens is 269 g/mol. The number of hydrogen-bond acceptors (Lipinski definition) is 3. The number of nitrogens with zero attached hydrogens (tertiary/aromatic N) is 2. The van der Waals surface area contributed by atoms with Crippen LogP contribution in [0.3, 0.4) is 0 Å². The van der Waals surface area contributed by atoms with Crippen LogP contribution in [0, 0.1) is 5.82 Å². The summed E-state index contributed by atoms with van der Waals surface area (Å²) in [6.45, 7) is 1.44. The lowest BCUT2D eigenvalue weighted by atomic mass is 10.3. The molecule has 3 rings (SSSR count). The van der Waals surface area contributed by atoms with Crippen molar-refractivity contribution in [1.82, 2.24) is 14.9 Å². The molecule has 108 valence electrons. The van der Waals surface area contributed by atoms with Gasteiger partial charge in [-0.05, 0) is 43.5 Å². The Morgan fingerprint density at radius 3 is 3.10 bits per heavy atom. The minimum Gasteiger partial charge on any atom is -0.465 e. The zero-order chi connectivity index (χ0) is 14.7. The standard InChI is InChI=1S/C16H16FN3O/c1-20(8-2-4-13-5-3-9-21-13)11-16-18-14-7-6-12(17)10-15(14)19-16/h2-7,9-10H,8,11H2,1H3,(H,18,19)/b4-2+. The normalized spacial score (nSPS) is 12.0. The number of aromatic nitrogens is 2. The van der Waals surface area contributed by atoms with Gasteiger partial charge >= 0.3 is 0 Å². The van der Waals surface area contributed by atoms with Crippen LogP contribution in [0.5, 0.6) is 0 Å². The van der Waals surface area contributed by atoms with Crippen molar-refractivity contribution in [3.05, 3.63) is 60.1 Å². The molecule has 0 atom stereocenters. The molecule has 1 aromatic carbocycles. The molecule has 1 N–H and O–H groups in total. The highest BCUT2D eigenvalue weighted by atomic mass is 19.1. The van der Waals surface area contributed by atoms with Crippen LogP contribution in [-0.2, 0) is 6.54 Å². The highest BCUT2D eigenvalue weighted by molar-refractivity contribution is 5.74. The number of imidazole rings is 1. The first kappa shape index (κ1) is 13.6. The third-order valence-electron chi connectivity index (χ3n) is 3.16. The number of furan rings is 1. The van der Waals surface area contributed by atoms with E-state index >= 15 is 0 Å². The van der Waals surface area contributed by atoms with Crippen LogP contribution in [0.2, 0.25) is 0 Å². The van der Waals surface area contributed by atoms with Crippen molar-refractivity contribution in [2.75, 3.05) is 13.6 Å². The van der Waals surface area contributed by atoms with Gasteiger partial charge < -0.3 is 9.40 Å². The van der Waals surface area contributed by atoms with E-state index in [4.69, 9.17) is 4.42 Å². The minimum absolute atomic E-state index is 0.257. The minimum atomic E-state index is -0.257. The summed E-state index contributed by atoms with van der Waals surface area (Å²) in [5.41, 5.74) is 1.51. The predicted octanol–water partition coefficient (Wildman–Crippen LogP) is 3.44. The van der Waals surface area contributed by atoms with Gasteiger partial charge in [0.1, 0.15) is 17.4 Å². The van der Waals surface area contributed by atoms with E-state index in [-0.39, 0.29) is 5.82 Å². The highest BCUT2D eigenvalue weighted by Crippen LogP contribution is 2.13. The number of H-pyrrole nitrogens is 1. The van der Waals surface area contributed by atoms with Crippen molar-refractivity contribution in [3.8, 4) is 0 Å². The second kappa shape index (κ2) is 5.93. The molecule has 0 aliphatic carbocycles. The van der Waals surface area contributed by atoms with Crippen molar-refractivity contribution in [2.24, 2.45) is 0 Å². The number of halogens is 1. The average molecular weight is 285 g/mol. The maximum absolute atomic E-state index is 13.1. The molecule has 0 saturated carbocycles. The smallest absolute Gasteiger partial charge is 0.126 e. The van der Waals surface area contributed by atoms with Gasteiger partial charge in [0, 0.05) is 6.54 Å². The number of hydrogen-bond donors (Lipinski definition) is 1. The molecule has 0 amide bonds. The number of rotatable bonds is 5. The van der Waals surface area contributed by atoms with Crippen LogP contribution in [0.15, 0.2) is 47.1 Å². The molecule has 5 heteroatoms. The molecule has 0 fully saturated rings. The summed E-state index contributed by atoms with van der Waals surface area (Å²) in [6, 6.07) is 8.33.